The number of nitrogens with one attached hydrogen (secondary N) is 1. The predicted octanol–water partition coefficient (Wildman–Crippen LogP) is 3.53. The van der Waals surface area contributed by atoms with Gasteiger partial charge in [0, 0.05) is 14.5 Å². The second-order valence-corrected chi connectivity index (χ2v) is 7.69. The van der Waals surface area contributed by atoms with Gasteiger partial charge in [0.05, 0.1) is 18.2 Å². The Morgan fingerprint density at radius 2 is 1.73 bits per heavy atom. The molecule has 0 saturated carbocycles. The van der Waals surface area contributed by atoms with Crippen LogP contribution in [0.25, 0.3) is 0 Å². The Bertz CT molecular complexity index is 790. The largest absolute Gasteiger partial charge is 0.496 e. The van der Waals surface area contributed by atoms with Gasteiger partial charge in [-0.25, -0.2) is 4.83 Å². The van der Waals surface area contributed by atoms with Crippen LogP contribution in [0.5, 0.6) is 5.75 Å². The molecule has 0 heterocycles. The van der Waals surface area contributed by atoms with Crippen molar-refractivity contribution in [1.29, 1.82) is 0 Å². The molecule has 5 nitrogen and oxygen atoms in total. The van der Waals surface area contributed by atoms with Crippen LogP contribution in [0.4, 0.5) is 0 Å². The van der Waals surface area contributed by atoms with Crippen LogP contribution in [0.3, 0.4) is 0 Å². The van der Waals surface area contributed by atoms with Crippen LogP contribution >= 0.6 is 31.9 Å². The van der Waals surface area contributed by atoms with Crippen molar-refractivity contribution in [2.45, 2.75) is 4.90 Å². The molecular formula is C14H12Br2N2O3S. The molecule has 0 aromatic heterocycles. The number of halogens is 2. The Balaban J connectivity index is 2.18. The lowest BCUT2D eigenvalue weighted by atomic mass is 10.2. The summed E-state index contributed by atoms with van der Waals surface area (Å²) in [6.45, 7) is 0. The van der Waals surface area contributed by atoms with E-state index in [2.05, 4.69) is 41.8 Å². The molecule has 8 heteroatoms. The SMILES string of the molecule is COc1ccc(Br)cc1C=NNS(=O)(=O)c1ccc(Br)cc1. The van der Waals surface area contributed by atoms with Gasteiger partial charge in [0.25, 0.3) is 10.0 Å². The molecule has 22 heavy (non-hydrogen) atoms. The molecule has 2 aromatic rings. The summed E-state index contributed by atoms with van der Waals surface area (Å²) < 4.78 is 31.0. The van der Waals surface area contributed by atoms with Crippen molar-refractivity contribution >= 4 is 48.1 Å². The maximum Gasteiger partial charge on any atom is 0.276 e. The molecule has 2 rings (SSSR count). The topological polar surface area (TPSA) is 67.8 Å². The van der Waals surface area contributed by atoms with Gasteiger partial charge in [-0.1, -0.05) is 31.9 Å². The van der Waals surface area contributed by atoms with E-state index in [-0.39, 0.29) is 4.90 Å². The van der Waals surface area contributed by atoms with Gasteiger partial charge in [0.1, 0.15) is 5.75 Å². The van der Waals surface area contributed by atoms with Gasteiger partial charge in [-0.3, -0.25) is 0 Å². The van der Waals surface area contributed by atoms with Gasteiger partial charge in [0.2, 0.25) is 0 Å². The molecule has 0 aliphatic carbocycles. The third-order valence-corrected chi connectivity index (χ3v) is 4.95. The third-order valence-electron chi connectivity index (χ3n) is 2.69. The number of nitrogens with zero attached hydrogens (tertiary/aromatic N) is 1. The molecular weight excluding hydrogens is 436 g/mol. The van der Waals surface area contributed by atoms with Crippen LogP contribution in [0.15, 0.2) is 61.4 Å². The molecule has 0 spiro atoms. The number of ether oxygens (including phenoxy) is 1. The highest BCUT2D eigenvalue weighted by Crippen LogP contribution is 2.21. The average molecular weight is 448 g/mol. The molecule has 0 fully saturated rings. The van der Waals surface area contributed by atoms with Crippen molar-refractivity contribution in [3.8, 4) is 5.75 Å². The Kier molecular flexibility index (Phi) is 5.60. The van der Waals surface area contributed by atoms with E-state index in [0.29, 0.717) is 11.3 Å². The van der Waals surface area contributed by atoms with Crippen molar-refractivity contribution in [3.05, 3.63) is 57.0 Å². The second-order valence-electron chi connectivity index (χ2n) is 4.19. The summed E-state index contributed by atoms with van der Waals surface area (Å²) in [5.74, 6) is 0.592. The molecule has 0 unspecified atom stereocenters. The lowest BCUT2D eigenvalue weighted by molar-refractivity contribution is 0.414. The standard InChI is InChI=1S/C14H12Br2N2O3S/c1-21-14-7-4-12(16)8-10(14)9-17-18-22(19,20)13-5-2-11(15)3-6-13/h2-9,18H,1H3. The van der Waals surface area contributed by atoms with Crippen molar-refractivity contribution in [3.63, 3.8) is 0 Å². The van der Waals surface area contributed by atoms with E-state index in [1.165, 1.54) is 25.5 Å². The van der Waals surface area contributed by atoms with Crippen molar-refractivity contribution in [1.82, 2.24) is 4.83 Å². The molecule has 0 amide bonds. The summed E-state index contributed by atoms with van der Waals surface area (Å²) in [7, 11) is -2.16. The van der Waals surface area contributed by atoms with Gasteiger partial charge in [-0.05, 0) is 42.5 Å². The van der Waals surface area contributed by atoms with E-state index in [1.54, 1.807) is 24.3 Å². The molecule has 0 atom stereocenters. The van der Waals surface area contributed by atoms with Gasteiger partial charge in [-0.15, -0.1) is 0 Å². The zero-order valence-corrected chi connectivity index (χ0v) is 15.4. The summed E-state index contributed by atoms with van der Waals surface area (Å²) in [5.41, 5.74) is 0.649. The van der Waals surface area contributed by atoms with Gasteiger partial charge in [-0.2, -0.15) is 13.5 Å². The second kappa shape index (κ2) is 7.26. The summed E-state index contributed by atoms with van der Waals surface area (Å²) >= 11 is 6.59. The van der Waals surface area contributed by atoms with Gasteiger partial charge in [0.15, 0.2) is 0 Å². The van der Waals surface area contributed by atoms with E-state index in [4.69, 9.17) is 4.74 Å². The number of methoxy groups -OCH3 is 1. The molecule has 2 aromatic carbocycles. The fraction of sp³-hybridized carbons (Fsp3) is 0.0714. The summed E-state index contributed by atoms with van der Waals surface area (Å²) in [6.07, 6.45) is 1.39. The molecule has 1 N–H and O–H groups in total. The van der Waals surface area contributed by atoms with Crippen molar-refractivity contribution in [2.75, 3.05) is 7.11 Å². The molecule has 0 aliphatic rings. The number of hydrogen-bond donors (Lipinski definition) is 1. The minimum Gasteiger partial charge on any atom is -0.496 e. The fourth-order valence-electron chi connectivity index (χ4n) is 1.64. The first-order chi connectivity index (χ1) is 10.4. The highest BCUT2D eigenvalue weighted by atomic mass is 79.9. The van der Waals surface area contributed by atoms with Crippen molar-refractivity contribution in [2.24, 2.45) is 5.10 Å². The van der Waals surface area contributed by atoms with E-state index < -0.39 is 10.0 Å². The number of sulfonamides is 1. The molecule has 0 radical (unpaired) electrons. The van der Waals surface area contributed by atoms with E-state index in [0.717, 1.165) is 8.95 Å². The molecule has 0 saturated heterocycles. The lowest BCUT2D eigenvalue weighted by Gasteiger charge is -2.05. The normalized spacial score (nSPS) is 11.6. The number of hydrazone groups is 1. The Morgan fingerprint density at radius 1 is 1.09 bits per heavy atom. The van der Waals surface area contributed by atoms with Gasteiger partial charge >= 0.3 is 0 Å². The van der Waals surface area contributed by atoms with Gasteiger partial charge < -0.3 is 4.74 Å². The minimum absolute atomic E-state index is 0.133. The first-order valence-electron chi connectivity index (χ1n) is 6.06. The predicted molar refractivity (Wildman–Crippen MR) is 92.8 cm³/mol. The van der Waals surface area contributed by atoms with Crippen LogP contribution < -0.4 is 9.57 Å². The maximum absolute atomic E-state index is 12.1. The van der Waals surface area contributed by atoms with Crippen LogP contribution in [-0.4, -0.2) is 21.7 Å². The zero-order chi connectivity index (χ0) is 16.2. The maximum atomic E-state index is 12.1. The Labute approximate surface area is 145 Å². The summed E-state index contributed by atoms with van der Waals surface area (Å²) in [6, 6.07) is 11.6. The fourth-order valence-corrected chi connectivity index (χ4v) is 3.07. The third kappa shape index (κ3) is 4.31. The van der Waals surface area contributed by atoms with E-state index in [1.807, 2.05) is 6.07 Å². The Morgan fingerprint density at radius 3 is 2.36 bits per heavy atom. The van der Waals surface area contributed by atoms with E-state index in [9.17, 15) is 8.42 Å². The van der Waals surface area contributed by atoms with Crippen LogP contribution in [-0.2, 0) is 10.0 Å². The summed E-state index contributed by atoms with van der Waals surface area (Å²) in [5, 5.41) is 3.79. The summed E-state index contributed by atoms with van der Waals surface area (Å²) in [4.78, 5) is 2.30. The number of benzene rings is 2. The van der Waals surface area contributed by atoms with Crippen LogP contribution in [0, 0.1) is 0 Å². The van der Waals surface area contributed by atoms with Crippen molar-refractivity contribution < 1.29 is 13.2 Å². The number of rotatable bonds is 5. The monoisotopic (exact) mass is 446 g/mol. The highest BCUT2D eigenvalue weighted by Gasteiger charge is 2.12. The Hall–Kier alpha value is -1.38. The average Bonchev–Trinajstić information content (AvgIpc) is 2.48. The quantitative estimate of drug-likeness (QED) is 0.563. The minimum atomic E-state index is -3.70. The smallest absolute Gasteiger partial charge is 0.276 e. The highest BCUT2D eigenvalue weighted by molar-refractivity contribution is 9.10. The first-order valence-corrected chi connectivity index (χ1v) is 9.13. The molecule has 0 bridgehead atoms. The molecule has 0 aliphatic heterocycles. The lowest BCUT2D eigenvalue weighted by Crippen LogP contribution is -2.18. The van der Waals surface area contributed by atoms with E-state index >= 15 is 0 Å². The zero-order valence-electron chi connectivity index (χ0n) is 11.5. The van der Waals surface area contributed by atoms with Crippen LogP contribution in [0.1, 0.15) is 5.56 Å². The van der Waals surface area contributed by atoms with Crippen LogP contribution in [0.2, 0.25) is 0 Å². The molecule has 116 valence electrons. The number of hydrogen-bond acceptors (Lipinski definition) is 4. The first kappa shape index (κ1) is 17.0.